The minimum absolute atomic E-state index is 0.0462. The number of hydrogen-bond acceptors (Lipinski definition) is 4. The van der Waals surface area contributed by atoms with Gasteiger partial charge in [-0.2, -0.15) is 18.3 Å². The molecule has 31 heavy (non-hydrogen) atoms. The fourth-order valence-electron chi connectivity index (χ4n) is 3.52. The first kappa shape index (κ1) is 21.9. The zero-order chi connectivity index (χ0) is 22.0. The molecule has 1 aromatic carbocycles. The van der Waals surface area contributed by atoms with E-state index in [-0.39, 0.29) is 12.5 Å². The van der Waals surface area contributed by atoms with Gasteiger partial charge in [0, 0.05) is 43.9 Å². The van der Waals surface area contributed by atoms with Crippen LogP contribution in [0.1, 0.15) is 26.5 Å². The van der Waals surface area contributed by atoms with Crippen molar-refractivity contribution in [2.24, 2.45) is 0 Å². The number of aromatic nitrogens is 2. The van der Waals surface area contributed by atoms with E-state index >= 15 is 0 Å². The lowest BCUT2D eigenvalue weighted by molar-refractivity contribution is -0.141. The number of carbonyl (C=O) groups is 1. The minimum Gasteiger partial charge on any atom is -0.335 e. The maximum absolute atomic E-state index is 12.8. The summed E-state index contributed by atoms with van der Waals surface area (Å²) in [4.78, 5) is 17.5. The van der Waals surface area contributed by atoms with Gasteiger partial charge in [-0.05, 0) is 40.8 Å². The molecule has 0 saturated carbocycles. The number of halogens is 4. The molecule has 2 aromatic heterocycles. The Balaban J connectivity index is 1.31. The van der Waals surface area contributed by atoms with Gasteiger partial charge in [-0.15, -0.1) is 11.3 Å². The average molecular weight is 469 g/mol. The molecule has 0 unspecified atom stereocenters. The number of benzene rings is 1. The first-order valence-electron chi connectivity index (χ1n) is 9.72. The standard InChI is InChI=1S/C21H20ClF3N4OS/c22-17-3-1-2-15(10-17)12-27-6-8-28(9-7-27)20(30)18-11-16(14-31-18)13-29-5-4-19(26-29)21(23,24)25/h1-5,10-11,14H,6-9,12-13H2. The maximum atomic E-state index is 12.8. The van der Waals surface area contributed by atoms with Crippen molar-refractivity contribution in [3.63, 3.8) is 0 Å². The molecule has 0 bridgehead atoms. The summed E-state index contributed by atoms with van der Waals surface area (Å²) >= 11 is 7.35. The quantitative estimate of drug-likeness (QED) is 0.548. The highest BCUT2D eigenvalue weighted by molar-refractivity contribution is 7.12. The molecule has 3 heterocycles. The summed E-state index contributed by atoms with van der Waals surface area (Å²) in [6, 6.07) is 10.4. The van der Waals surface area contributed by atoms with E-state index in [4.69, 9.17) is 11.6 Å². The second-order valence-electron chi connectivity index (χ2n) is 7.41. The van der Waals surface area contributed by atoms with Crippen molar-refractivity contribution < 1.29 is 18.0 Å². The molecular formula is C21H20ClF3N4OS. The average Bonchev–Trinajstić information content (AvgIpc) is 3.38. The van der Waals surface area contributed by atoms with Gasteiger partial charge >= 0.3 is 6.18 Å². The molecule has 5 nitrogen and oxygen atoms in total. The Morgan fingerprint density at radius 2 is 1.84 bits per heavy atom. The van der Waals surface area contributed by atoms with Crippen LogP contribution in [0.2, 0.25) is 5.02 Å². The fraction of sp³-hybridized carbons (Fsp3) is 0.333. The van der Waals surface area contributed by atoms with Crippen molar-refractivity contribution in [2.45, 2.75) is 19.3 Å². The van der Waals surface area contributed by atoms with Crippen molar-refractivity contribution in [3.8, 4) is 0 Å². The van der Waals surface area contributed by atoms with E-state index in [9.17, 15) is 18.0 Å². The van der Waals surface area contributed by atoms with Crippen molar-refractivity contribution in [2.75, 3.05) is 26.2 Å². The first-order chi connectivity index (χ1) is 14.8. The van der Waals surface area contributed by atoms with Crippen LogP contribution in [0.4, 0.5) is 13.2 Å². The number of carbonyl (C=O) groups excluding carboxylic acids is 1. The molecule has 3 aromatic rings. The molecule has 1 saturated heterocycles. The molecule has 0 atom stereocenters. The predicted molar refractivity (Wildman–Crippen MR) is 113 cm³/mol. The monoisotopic (exact) mass is 468 g/mol. The Hall–Kier alpha value is -2.36. The molecule has 10 heteroatoms. The van der Waals surface area contributed by atoms with Gasteiger partial charge in [0.25, 0.3) is 5.91 Å². The van der Waals surface area contributed by atoms with Gasteiger partial charge in [0.1, 0.15) is 0 Å². The van der Waals surface area contributed by atoms with E-state index in [1.807, 2.05) is 29.2 Å². The maximum Gasteiger partial charge on any atom is 0.435 e. The minimum atomic E-state index is -4.46. The number of amides is 1. The molecule has 1 amide bonds. The van der Waals surface area contributed by atoms with E-state index < -0.39 is 11.9 Å². The van der Waals surface area contributed by atoms with Gasteiger partial charge in [-0.25, -0.2) is 0 Å². The van der Waals surface area contributed by atoms with Crippen LogP contribution in [0.25, 0.3) is 0 Å². The Bertz CT molecular complexity index is 1060. The van der Waals surface area contributed by atoms with E-state index in [0.717, 1.165) is 36.8 Å². The zero-order valence-electron chi connectivity index (χ0n) is 16.5. The first-order valence-corrected chi connectivity index (χ1v) is 11.0. The Labute approximate surface area is 186 Å². The number of piperazine rings is 1. The summed E-state index contributed by atoms with van der Waals surface area (Å²) in [5, 5.41) is 6.06. The molecule has 1 fully saturated rings. The molecule has 164 valence electrons. The van der Waals surface area contributed by atoms with Gasteiger partial charge < -0.3 is 4.90 Å². The van der Waals surface area contributed by atoms with Gasteiger partial charge in [-0.3, -0.25) is 14.4 Å². The summed E-state index contributed by atoms with van der Waals surface area (Å²) in [5.41, 5.74) is 0.974. The fourth-order valence-corrected chi connectivity index (χ4v) is 4.60. The van der Waals surface area contributed by atoms with Crippen molar-refractivity contribution in [3.05, 3.63) is 74.7 Å². The van der Waals surface area contributed by atoms with Crippen LogP contribution in [0.5, 0.6) is 0 Å². The smallest absolute Gasteiger partial charge is 0.335 e. The molecule has 1 aliphatic heterocycles. The Morgan fingerprint density at radius 1 is 1.06 bits per heavy atom. The third-order valence-electron chi connectivity index (χ3n) is 5.09. The number of alkyl halides is 3. The highest BCUT2D eigenvalue weighted by Crippen LogP contribution is 2.27. The van der Waals surface area contributed by atoms with E-state index in [1.54, 1.807) is 11.4 Å². The lowest BCUT2D eigenvalue weighted by atomic mass is 10.2. The third-order valence-corrected chi connectivity index (χ3v) is 6.30. The summed E-state index contributed by atoms with van der Waals surface area (Å²) in [7, 11) is 0. The van der Waals surface area contributed by atoms with Crippen LogP contribution in [0, 0.1) is 0 Å². The lowest BCUT2D eigenvalue weighted by Gasteiger charge is -2.34. The lowest BCUT2D eigenvalue weighted by Crippen LogP contribution is -2.48. The Kier molecular flexibility index (Phi) is 6.36. The van der Waals surface area contributed by atoms with Gasteiger partial charge in [0.2, 0.25) is 0 Å². The molecule has 0 radical (unpaired) electrons. The number of nitrogens with zero attached hydrogens (tertiary/aromatic N) is 4. The number of hydrogen-bond donors (Lipinski definition) is 0. The molecule has 4 rings (SSSR count). The molecule has 0 aliphatic carbocycles. The second kappa shape index (κ2) is 9.02. The number of rotatable bonds is 5. The van der Waals surface area contributed by atoms with Gasteiger partial charge in [0.15, 0.2) is 5.69 Å². The third kappa shape index (κ3) is 5.47. The predicted octanol–water partition coefficient (Wildman–Crippen LogP) is 4.62. The molecule has 0 spiro atoms. The molecule has 1 aliphatic rings. The zero-order valence-corrected chi connectivity index (χ0v) is 18.1. The normalized spacial score (nSPS) is 15.4. The summed E-state index contributed by atoms with van der Waals surface area (Å²) < 4.78 is 39.3. The largest absolute Gasteiger partial charge is 0.435 e. The van der Waals surface area contributed by atoms with Crippen LogP contribution in [-0.4, -0.2) is 51.7 Å². The van der Waals surface area contributed by atoms with E-state index in [1.165, 1.54) is 22.2 Å². The van der Waals surface area contributed by atoms with Crippen LogP contribution < -0.4 is 0 Å². The van der Waals surface area contributed by atoms with E-state index in [2.05, 4.69) is 10.00 Å². The van der Waals surface area contributed by atoms with Gasteiger partial charge in [0.05, 0.1) is 11.4 Å². The highest BCUT2D eigenvalue weighted by Gasteiger charge is 2.33. The second-order valence-corrected chi connectivity index (χ2v) is 8.76. The van der Waals surface area contributed by atoms with Crippen molar-refractivity contribution in [1.82, 2.24) is 19.6 Å². The summed E-state index contributed by atoms with van der Waals surface area (Å²) in [6.07, 6.45) is -3.17. The topological polar surface area (TPSA) is 41.4 Å². The summed E-state index contributed by atoms with van der Waals surface area (Å²) in [5.74, 6) is -0.0462. The van der Waals surface area contributed by atoms with Crippen LogP contribution in [-0.2, 0) is 19.3 Å². The molecule has 0 N–H and O–H groups in total. The SMILES string of the molecule is O=C(c1cc(Cn2ccc(C(F)(F)F)n2)cs1)N1CCN(Cc2cccc(Cl)c2)CC1. The van der Waals surface area contributed by atoms with Crippen LogP contribution in [0.15, 0.2) is 48.0 Å². The number of thiophene rings is 1. The molecular weight excluding hydrogens is 449 g/mol. The van der Waals surface area contributed by atoms with Crippen molar-refractivity contribution >= 4 is 28.8 Å². The van der Waals surface area contributed by atoms with Crippen LogP contribution >= 0.6 is 22.9 Å². The highest BCUT2D eigenvalue weighted by atomic mass is 35.5. The van der Waals surface area contributed by atoms with Gasteiger partial charge in [-0.1, -0.05) is 23.7 Å². The van der Waals surface area contributed by atoms with E-state index in [0.29, 0.717) is 23.0 Å². The Morgan fingerprint density at radius 3 is 2.52 bits per heavy atom. The van der Waals surface area contributed by atoms with Crippen LogP contribution in [0.3, 0.4) is 0 Å². The van der Waals surface area contributed by atoms with Crippen molar-refractivity contribution in [1.29, 1.82) is 0 Å². The summed E-state index contributed by atoms with van der Waals surface area (Å²) in [6.45, 7) is 3.76.